The molecule has 1 aliphatic heterocycles. The van der Waals surface area contributed by atoms with E-state index in [0.29, 0.717) is 5.92 Å². The van der Waals surface area contributed by atoms with E-state index in [0.717, 1.165) is 30.5 Å². The number of benzene rings is 1. The third-order valence-electron chi connectivity index (χ3n) is 5.03. The first-order chi connectivity index (χ1) is 11.8. The first-order valence-corrected chi connectivity index (χ1v) is 10.8. The Balaban J connectivity index is 1.71. The van der Waals surface area contributed by atoms with Gasteiger partial charge in [-0.25, -0.2) is 13.2 Å². The minimum atomic E-state index is -3.18. The number of hydrogen-bond acceptors (Lipinski definition) is 3. The van der Waals surface area contributed by atoms with Crippen molar-refractivity contribution in [3.63, 3.8) is 0 Å². The van der Waals surface area contributed by atoms with Crippen LogP contribution in [0.2, 0.25) is 0 Å². The van der Waals surface area contributed by atoms with Crippen LogP contribution < -0.4 is 5.32 Å². The molecule has 1 saturated heterocycles. The molecule has 6 heteroatoms. The van der Waals surface area contributed by atoms with E-state index in [1.165, 1.54) is 24.5 Å². The average molecular weight is 362 g/mol. The maximum atomic E-state index is 12.8. The van der Waals surface area contributed by atoms with E-state index in [1.807, 2.05) is 23.1 Å². The fourth-order valence-corrected chi connectivity index (χ4v) is 4.10. The molecule has 1 saturated carbocycles. The molecule has 1 aliphatic carbocycles. The van der Waals surface area contributed by atoms with Gasteiger partial charge in [0.1, 0.15) is 0 Å². The molecule has 1 unspecified atom stereocenters. The van der Waals surface area contributed by atoms with Crippen LogP contribution >= 0.6 is 0 Å². The predicted octanol–water partition coefficient (Wildman–Crippen LogP) is 3.12. The molecular formula is C19H26N2O3S. The number of nitrogens with one attached hydrogen (secondary N) is 1. The summed E-state index contributed by atoms with van der Waals surface area (Å²) in [6, 6.07) is 9.79. The van der Waals surface area contributed by atoms with E-state index >= 15 is 0 Å². The number of amides is 2. The Hall–Kier alpha value is -1.82. The molecule has 1 aromatic rings. The zero-order valence-corrected chi connectivity index (χ0v) is 15.6. The number of carbonyl (C=O) groups is 1. The second-order valence-electron chi connectivity index (χ2n) is 7.31. The zero-order valence-electron chi connectivity index (χ0n) is 14.8. The Morgan fingerprint density at radius 2 is 1.92 bits per heavy atom. The summed E-state index contributed by atoms with van der Waals surface area (Å²) in [6.07, 6.45) is 6.21. The van der Waals surface area contributed by atoms with Gasteiger partial charge in [-0.1, -0.05) is 36.4 Å². The van der Waals surface area contributed by atoms with Gasteiger partial charge in [-0.15, -0.1) is 0 Å². The lowest BCUT2D eigenvalue weighted by molar-refractivity contribution is 0.190. The SMILES string of the molecule is CC(/C=C/S(C)(=O)=O)NC(=O)N1C[C@H](C2CC2)C[C@H]1c1ccccc1. The van der Waals surface area contributed by atoms with Gasteiger partial charge in [0.2, 0.25) is 0 Å². The molecule has 3 atom stereocenters. The van der Waals surface area contributed by atoms with Crippen LogP contribution in [0.5, 0.6) is 0 Å². The van der Waals surface area contributed by atoms with Gasteiger partial charge in [-0.3, -0.25) is 0 Å². The van der Waals surface area contributed by atoms with Gasteiger partial charge >= 0.3 is 6.03 Å². The van der Waals surface area contributed by atoms with Crippen molar-refractivity contribution in [2.24, 2.45) is 11.8 Å². The molecule has 3 rings (SSSR count). The summed E-state index contributed by atoms with van der Waals surface area (Å²) in [5.41, 5.74) is 1.17. The summed E-state index contributed by atoms with van der Waals surface area (Å²) >= 11 is 0. The van der Waals surface area contributed by atoms with Gasteiger partial charge in [0.25, 0.3) is 0 Å². The molecule has 5 nitrogen and oxygen atoms in total. The van der Waals surface area contributed by atoms with Crippen LogP contribution in [-0.4, -0.2) is 38.2 Å². The minimum absolute atomic E-state index is 0.0953. The molecule has 0 spiro atoms. The normalized spacial score (nSPS) is 25.3. The Morgan fingerprint density at radius 3 is 2.52 bits per heavy atom. The summed E-state index contributed by atoms with van der Waals surface area (Å²) in [7, 11) is -3.18. The summed E-state index contributed by atoms with van der Waals surface area (Å²) < 4.78 is 22.5. The molecule has 0 radical (unpaired) electrons. The third kappa shape index (κ3) is 4.84. The zero-order chi connectivity index (χ0) is 18.0. The van der Waals surface area contributed by atoms with Crippen molar-refractivity contribution in [2.45, 2.75) is 38.3 Å². The number of rotatable bonds is 5. The monoisotopic (exact) mass is 362 g/mol. The van der Waals surface area contributed by atoms with Gasteiger partial charge in [0.05, 0.1) is 6.04 Å². The lowest BCUT2D eigenvalue weighted by atomic mass is 9.96. The second-order valence-corrected chi connectivity index (χ2v) is 9.24. The molecular weight excluding hydrogens is 336 g/mol. The van der Waals surface area contributed by atoms with Crippen LogP contribution in [0, 0.1) is 11.8 Å². The minimum Gasteiger partial charge on any atom is -0.332 e. The van der Waals surface area contributed by atoms with Crippen molar-refractivity contribution in [1.29, 1.82) is 0 Å². The van der Waals surface area contributed by atoms with Gasteiger partial charge in [0, 0.05) is 24.3 Å². The number of nitrogens with zero attached hydrogens (tertiary/aromatic N) is 1. The maximum Gasteiger partial charge on any atom is 0.318 e. The molecule has 1 aromatic carbocycles. The standard InChI is InChI=1S/C19H26N2O3S/c1-14(10-11-25(2,23)24)20-19(22)21-13-17(15-8-9-15)12-18(21)16-6-4-3-5-7-16/h3-7,10-11,14-15,17-18H,8-9,12-13H2,1-2H3,(H,20,22)/b11-10+/t14?,17-,18+/m1/s1. The lowest BCUT2D eigenvalue weighted by Crippen LogP contribution is -2.43. The molecule has 2 fully saturated rings. The third-order valence-corrected chi connectivity index (χ3v) is 5.68. The Labute approximate surface area is 150 Å². The van der Waals surface area contributed by atoms with Crippen LogP contribution in [0.3, 0.4) is 0 Å². The first kappa shape index (κ1) is 18.0. The molecule has 0 bridgehead atoms. The van der Waals surface area contributed by atoms with E-state index in [-0.39, 0.29) is 18.1 Å². The lowest BCUT2D eigenvalue weighted by Gasteiger charge is -2.26. The molecule has 1 N–H and O–H groups in total. The predicted molar refractivity (Wildman–Crippen MR) is 98.7 cm³/mol. The summed E-state index contributed by atoms with van der Waals surface area (Å²) in [4.78, 5) is 14.7. The van der Waals surface area contributed by atoms with E-state index < -0.39 is 9.84 Å². The number of carbonyl (C=O) groups excluding carboxylic acids is 1. The van der Waals surface area contributed by atoms with Crippen LogP contribution in [0.1, 0.15) is 37.8 Å². The van der Waals surface area contributed by atoms with E-state index in [4.69, 9.17) is 0 Å². The van der Waals surface area contributed by atoms with Gasteiger partial charge in [-0.05, 0) is 43.6 Å². The highest BCUT2D eigenvalue weighted by molar-refractivity contribution is 7.93. The van der Waals surface area contributed by atoms with Crippen molar-refractivity contribution < 1.29 is 13.2 Å². The fraction of sp³-hybridized carbons (Fsp3) is 0.526. The molecule has 2 aliphatic rings. The van der Waals surface area contributed by atoms with Gasteiger partial charge < -0.3 is 10.2 Å². The van der Waals surface area contributed by atoms with E-state index in [2.05, 4.69) is 17.4 Å². The molecule has 2 amide bonds. The highest BCUT2D eigenvalue weighted by atomic mass is 32.2. The highest BCUT2D eigenvalue weighted by Gasteiger charge is 2.43. The van der Waals surface area contributed by atoms with E-state index in [1.54, 1.807) is 6.92 Å². The van der Waals surface area contributed by atoms with Crippen molar-refractivity contribution in [3.8, 4) is 0 Å². The molecule has 0 aromatic heterocycles. The van der Waals surface area contributed by atoms with Crippen LogP contribution in [0.15, 0.2) is 41.8 Å². The number of sulfone groups is 1. The van der Waals surface area contributed by atoms with Gasteiger partial charge in [0.15, 0.2) is 9.84 Å². The summed E-state index contributed by atoms with van der Waals surface area (Å²) in [5.74, 6) is 1.32. The highest BCUT2D eigenvalue weighted by Crippen LogP contribution is 2.47. The smallest absolute Gasteiger partial charge is 0.318 e. The van der Waals surface area contributed by atoms with Crippen molar-refractivity contribution in [2.75, 3.05) is 12.8 Å². The molecule has 136 valence electrons. The largest absolute Gasteiger partial charge is 0.332 e. The van der Waals surface area contributed by atoms with Crippen LogP contribution in [0.25, 0.3) is 0 Å². The summed E-state index contributed by atoms with van der Waals surface area (Å²) in [6.45, 7) is 2.56. The maximum absolute atomic E-state index is 12.8. The number of hydrogen-bond donors (Lipinski definition) is 1. The molecule has 25 heavy (non-hydrogen) atoms. The number of urea groups is 1. The van der Waals surface area contributed by atoms with Crippen molar-refractivity contribution in [1.82, 2.24) is 10.2 Å². The fourth-order valence-electron chi connectivity index (χ4n) is 3.58. The quantitative estimate of drug-likeness (QED) is 0.875. The second kappa shape index (κ2) is 7.20. The van der Waals surface area contributed by atoms with Crippen LogP contribution in [-0.2, 0) is 9.84 Å². The Morgan fingerprint density at radius 1 is 1.24 bits per heavy atom. The Kier molecular flexibility index (Phi) is 5.18. The van der Waals surface area contributed by atoms with Crippen LogP contribution in [0.4, 0.5) is 4.79 Å². The number of likely N-dealkylation sites (tertiary alicyclic amines) is 1. The van der Waals surface area contributed by atoms with E-state index in [9.17, 15) is 13.2 Å². The summed E-state index contributed by atoms with van der Waals surface area (Å²) in [5, 5.41) is 4.05. The topological polar surface area (TPSA) is 66.5 Å². The van der Waals surface area contributed by atoms with Crippen molar-refractivity contribution >= 4 is 15.9 Å². The van der Waals surface area contributed by atoms with Crippen molar-refractivity contribution in [3.05, 3.63) is 47.4 Å². The van der Waals surface area contributed by atoms with Gasteiger partial charge in [-0.2, -0.15) is 0 Å². The molecule has 1 heterocycles. The first-order valence-electron chi connectivity index (χ1n) is 8.84. The Bertz CT molecular complexity index is 741. The average Bonchev–Trinajstić information content (AvgIpc) is 3.31.